The van der Waals surface area contributed by atoms with Crippen LogP contribution in [0.2, 0.25) is 0 Å². The first-order valence-electron chi connectivity index (χ1n) is 11.0. The van der Waals surface area contributed by atoms with Crippen molar-refractivity contribution in [3.05, 3.63) is 86.1 Å². The average molecular weight is 479 g/mol. The molecule has 0 bridgehead atoms. The summed E-state index contributed by atoms with van der Waals surface area (Å²) in [4.78, 5) is 48.8. The minimum Gasteiger partial charge on any atom is -0.507 e. The number of methoxy groups -OCH3 is 2. The Kier molecular flexibility index (Phi) is 6.72. The number of hydrogen-bond acceptors (Lipinski definition) is 7. The van der Waals surface area contributed by atoms with Gasteiger partial charge in [0.15, 0.2) is 0 Å². The zero-order valence-corrected chi connectivity index (χ0v) is 19.6. The molecule has 1 atom stereocenters. The molecule has 10 nitrogen and oxygen atoms in total. The monoisotopic (exact) mass is 478 g/mol. The van der Waals surface area contributed by atoms with Crippen LogP contribution in [-0.2, 0) is 22.5 Å². The summed E-state index contributed by atoms with van der Waals surface area (Å²) in [5.74, 6) is -1.36. The van der Waals surface area contributed by atoms with Crippen molar-refractivity contribution in [2.75, 3.05) is 14.2 Å². The highest BCUT2D eigenvalue weighted by Gasteiger charge is 2.29. The molecule has 182 valence electrons. The van der Waals surface area contributed by atoms with Crippen molar-refractivity contribution in [3.8, 4) is 11.5 Å². The lowest BCUT2D eigenvalue weighted by Crippen LogP contribution is -2.31. The number of hydrogen-bond donors (Lipinski definition) is 3. The predicted molar refractivity (Wildman–Crippen MR) is 129 cm³/mol. The zero-order chi connectivity index (χ0) is 25.1. The van der Waals surface area contributed by atoms with Crippen LogP contribution in [0.3, 0.4) is 0 Å². The van der Waals surface area contributed by atoms with E-state index in [4.69, 9.17) is 9.47 Å². The third kappa shape index (κ3) is 4.81. The number of nitrogens with zero attached hydrogens (tertiary/aromatic N) is 2. The molecule has 3 N–H and O–H groups in total. The molecular formula is C25H26N4O6. The fourth-order valence-corrected chi connectivity index (χ4v) is 4.23. The topological polar surface area (TPSA) is 139 Å². The molecule has 0 amide bonds. The standard InChI is InChI=1S/C25H26N4O6/c1-14-8-21(30)23(25(33)29(14)7-6-16-12-26-13-27-16)18(11-22(31)35-3)19-10-15-9-17(34-2)4-5-20(15)28-24(19)32/h4-5,8-10,12-13,18,30H,6-7,11H2,1-3H3,(H,26,27)(H,28,32)/t18-/m0/s1. The third-order valence-electron chi connectivity index (χ3n) is 6.08. The summed E-state index contributed by atoms with van der Waals surface area (Å²) >= 11 is 0. The minimum absolute atomic E-state index is 0.0432. The summed E-state index contributed by atoms with van der Waals surface area (Å²) in [5, 5.41) is 11.5. The normalized spacial score (nSPS) is 12.0. The molecule has 0 saturated carbocycles. The minimum atomic E-state index is -1.03. The second-order valence-electron chi connectivity index (χ2n) is 8.21. The van der Waals surface area contributed by atoms with Gasteiger partial charge in [-0.15, -0.1) is 0 Å². The Hall–Kier alpha value is -4.34. The van der Waals surface area contributed by atoms with Crippen LogP contribution in [0.1, 0.15) is 34.9 Å². The number of aryl methyl sites for hydroxylation is 2. The maximum atomic E-state index is 13.6. The van der Waals surface area contributed by atoms with E-state index in [1.807, 2.05) is 0 Å². The van der Waals surface area contributed by atoms with Crippen molar-refractivity contribution in [2.24, 2.45) is 0 Å². The van der Waals surface area contributed by atoms with Gasteiger partial charge < -0.3 is 29.1 Å². The zero-order valence-electron chi connectivity index (χ0n) is 19.6. The summed E-state index contributed by atoms with van der Waals surface area (Å²) in [5.41, 5.74) is 1.12. The lowest BCUT2D eigenvalue weighted by Gasteiger charge is -2.20. The highest BCUT2D eigenvalue weighted by Crippen LogP contribution is 2.32. The lowest BCUT2D eigenvalue weighted by atomic mass is 9.88. The van der Waals surface area contributed by atoms with Crippen molar-refractivity contribution in [2.45, 2.75) is 32.2 Å². The second kappa shape index (κ2) is 9.88. The Morgan fingerprint density at radius 2 is 2.00 bits per heavy atom. The first kappa shape index (κ1) is 23.8. The quantitative estimate of drug-likeness (QED) is 0.330. The van der Waals surface area contributed by atoms with Crippen LogP contribution in [0.15, 0.2) is 52.4 Å². The molecule has 3 aromatic heterocycles. The van der Waals surface area contributed by atoms with E-state index >= 15 is 0 Å². The van der Waals surface area contributed by atoms with Gasteiger partial charge in [-0.2, -0.15) is 0 Å². The molecule has 4 rings (SSSR count). The first-order valence-corrected chi connectivity index (χ1v) is 11.0. The Morgan fingerprint density at radius 3 is 2.69 bits per heavy atom. The smallest absolute Gasteiger partial charge is 0.306 e. The van der Waals surface area contributed by atoms with E-state index < -0.39 is 23.0 Å². The average Bonchev–Trinajstić information content (AvgIpc) is 3.36. The highest BCUT2D eigenvalue weighted by molar-refractivity contribution is 5.81. The Bertz CT molecular complexity index is 1490. The number of carbonyl (C=O) groups excluding carboxylic acids is 1. The molecule has 0 aliphatic heterocycles. The van der Waals surface area contributed by atoms with E-state index in [1.54, 1.807) is 43.7 Å². The van der Waals surface area contributed by atoms with Gasteiger partial charge in [0, 0.05) is 52.9 Å². The Morgan fingerprint density at radius 1 is 1.20 bits per heavy atom. The summed E-state index contributed by atoms with van der Waals surface area (Å²) in [6.07, 6.45) is 3.43. The van der Waals surface area contributed by atoms with Gasteiger partial charge in [-0.25, -0.2) is 4.98 Å². The molecule has 0 radical (unpaired) electrons. The number of fused-ring (bicyclic) bond motifs is 1. The summed E-state index contributed by atoms with van der Waals surface area (Å²) < 4.78 is 11.6. The van der Waals surface area contributed by atoms with Crippen LogP contribution in [-0.4, -0.2) is 44.8 Å². The van der Waals surface area contributed by atoms with E-state index in [9.17, 15) is 19.5 Å². The van der Waals surface area contributed by atoms with Crippen LogP contribution >= 0.6 is 0 Å². The van der Waals surface area contributed by atoms with Gasteiger partial charge in [0.25, 0.3) is 11.1 Å². The van der Waals surface area contributed by atoms with Crippen molar-refractivity contribution in [3.63, 3.8) is 0 Å². The Balaban J connectivity index is 1.88. The van der Waals surface area contributed by atoms with Crippen molar-refractivity contribution in [1.29, 1.82) is 0 Å². The lowest BCUT2D eigenvalue weighted by molar-refractivity contribution is -0.140. The largest absolute Gasteiger partial charge is 0.507 e. The van der Waals surface area contributed by atoms with E-state index in [2.05, 4.69) is 15.0 Å². The van der Waals surface area contributed by atoms with Crippen LogP contribution in [0.5, 0.6) is 11.5 Å². The van der Waals surface area contributed by atoms with Gasteiger partial charge in [0.05, 0.1) is 32.5 Å². The van der Waals surface area contributed by atoms with Crippen molar-refractivity contribution < 1.29 is 19.4 Å². The number of rotatable bonds is 8. The number of aromatic nitrogens is 4. The molecule has 0 unspecified atom stereocenters. The summed E-state index contributed by atoms with van der Waals surface area (Å²) in [6, 6.07) is 8.24. The summed E-state index contributed by atoms with van der Waals surface area (Å²) in [6.45, 7) is 2.03. The van der Waals surface area contributed by atoms with Gasteiger partial charge in [-0.05, 0) is 37.3 Å². The van der Waals surface area contributed by atoms with Crippen LogP contribution in [0.25, 0.3) is 10.9 Å². The maximum Gasteiger partial charge on any atom is 0.306 e. The van der Waals surface area contributed by atoms with E-state index in [0.29, 0.717) is 35.3 Å². The number of aromatic hydroxyl groups is 1. The van der Waals surface area contributed by atoms with Gasteiger partial charge in [0.2, 0.25) is 0 Å². The highest BCUT2D eigenvalue weighted by atomic mass is 16.5. The summed E-state index contributed by atoms with van der Waals surface area (Å²) in [7, 11) is 2.76. The number of imidazole rings is 1. The number of nitrogens with one attached hydrogen (secondary N) is 2. The first-order chi connectivity index (χ1) is 16.8. The van der Waals surface area contributed by atoms with Crippen LogP contribution in [0.4, 0.5) is 0 Å². The van der Waals surface area contributed by atoms with E-state index in [1.165, 1.54) is 24.9 Å². The number of esters is 1. The number of ether oxygens (including phenoxy) is 2. The number of carbonyl (C=O) groups is 1. The molecule has 10 heteroatoms. The van der Waals surface area contributed by atoms with Gasteiger partial charge in [-0.3, -0.25) is 14.4 Å². The molecule has 0 spiro atoms. The molecule has 0 aliphatic carbocycles. The molecule has 3 heterocycles. The fraction of sp³-hybridized carbons (Fsp3) is 0.280. The number of aromatic amines is 2. The predicted octanol–water partition coefficient (Wildman–Crippen LogP) is 2.37. The second-order valence-corrected chi connectivity index (χ2v) is 8.21. The number of benzene rings is 1. The van der Waals surface area contributed by atoms with E-state index in [0.717, 1.165) is 5.69 Å². The van der Waals surface area contributed by atoms with Crippen LogP contribution in [0, 0.1) is 6.92 Å². The van der Waals surface area contributed by atoms with Crippen LogP contribution < -0.4 is 15.9 Å². The SMILES string of the molecule is COC(=O)C[C@@H](c1cc2cc(OC)ccc2[nH]c1=O)c1c(O)cc(C)n(CCc2cnc[nH]2)c1=O. The Labute approximate surface area is 200 Å². The molecule has 35 heavy (non-hydrogen) atoms. The molecule has 4 aromatic rings. The van der Waals surface area contributed by atoms with Gasteiger partial charge in [-0.1, -0.05) is 0 Å². The fourth-order valence-electron chi connectivity index (χ4n) is 4.23. The molecule has 1 aromatic carbocycles. The molecular weight excluding hydrogens is 452 g/mol. The molecule has 0 aliphatic rings. The maximum absolute atomic E-state index is 13.6. The van der Waals surface area contributed by atoms with Crippen molar-refractivity contribution in [1.82, 2.24) is 19.5 Å². The van der Waals surface area contributed by atoms with E-state index in [-0.39, 0.29) is 23.3 Å². The van der Waals surface area contributed by atoms with Gasteiger partial charge in [0.1, 0.15) is 11.5 Å². The number of pyridine rings is 2. The molecule has 0 fully saturated rings. The molecule has 0 saturated heterocycles. The third-order valence-corrected chi connectivity index (χ3v) is 6.08. The van der Waals surface area contributed by atoms with Crippen molar-refractivity contribution >= 4 is 16.9 Å². The van der Waals surface area contributed by atoms with Gasteiger partial charge >= 0.3 is 5.97 Å². The number of H-pyrrole nitrogens is 2.